The van der Waals surface area contributed by atoms with Crippen LogP contribution in [0.3, 0.4) is 0 Å². The van der Waals surface area contributed by atoms with Gasteiger partial charge < -0.3 is 15.1 Å². The highest BCUT2D eigenvalue weighted by atomic mass is 16.2. The molecule has 5 nitrogen and oxygen atoms in total. The Morgan fingerprint density at radius 1 is 1.50 bits per heavy atom. The monoisotopic (exact) mass is 222 g/mol. The third kappa shape index (κ3) is 2.27. The number of nitriles is 1. The van der Waals surface area contributed by atoms with Crippen molar-refractivity contribution in [3.05, 3.63) is 0 Å². The molecule has 2 heterocycles. The summed E-state index contributed by atoms with van der Waals surface area (Å²) in [6, 6.07) is 2.19. The average molecular weight is 222 g/mol. The summed E-state index contributed by atoms with van der Waals surface area (Å²) in [6.45, 7) is 3.11. The maximum Gasteiger partial charge on any atom is 0.318 e. The van der Waals surface area contributed by atoms with E-state index in [1.54, 1.807) is 4.90 Å². The minimum Gasteiger partial charge on any atom is -0.333 e. The van der Waals surface area contributed by atoms with Crippen LogP contribution >= 0.6 is 0 Å². The van der Waals surface area contributed by atoms with Gasteiger partial charge in [-0.1, -0.05) is 0 Å². The number of rotatable bonds is 2. The lowest BCUT2D eigenvalue weighted by Gasteiger charge is -2.32. The zero-order valence-corrected chi connectivity index (χ0v) is 9.65. The molecule has 0 aromatic carbocycles. The molecule has 1 N–H and O–H groups in total. The summed E-state index contributed by atoms with van der Waals surface area (Å²) in [6.07, 6.45) is 2.28. The van der Waals surface area contributed by atoms with Gasteiger partial charge in [-0.3, -0.25) is 0 Å². The highest BCUT2D eigenvalue weighted by molar-refractivity contribution is 5.77. The van der Waals surface area contributed by atoms with Gasteiger partial charge in [0.25, 0.3) is 0 Å². The van der Waals surface area contributed by atoms with Gasteiger partial charge >= 0.3 is 6.03 Å². The first-order chi connectivity index (χ1) is 7.70. The van der Waals surface area contributed by atoms with Crippen LogP contribution in [0.15, 0.2) is 0 Å². The van der Waals surface area contributed by atoms with Gasteiger partial charge in [0.15, 0.2) is 0 Å². The van der Waals surface area contributed by atoms with E-state index in [2.05, 4.69) is 17.3 Å². The molecule has 2 fully saturated rings. The lowest BCUT2D eigenvalue weighted by Crippen LogP contribution is -2.41. The van der Waals surface area contributed by atoms with E-state index in [9.17, 15) is 4.79 Å². The summed E-state index contributed by atoms with van der Waals surface area (Å²) in [4.78, 5) is 15.5. The van der Waals surface area contributed by atoms with Crippen LogP contribution in [-0.2, 0) is 0 Å². The first kappa shape index (κ1) is 11.2. The van der Waals surface area contributed by atoms with Crippen LogP contribution in [0.4, 0.5) is 4.79 Å². The van der Waals surface area contributed by atoms with Gasteiger partial charge in [-0.05, 0) is 38.9 Å². The summed E-state index contributed by atoms with van der Waals surface area (Å²) >= 11 is 0. The second kappa shape index (κ2) is 4.71. The van der Waals surface area contributed by atoms with Crippen LogP contribution in [-0.4, -0.2) is 55.1 Å². The number of carbonyl (C=O) groups is 1. The topological polar surface area (TPSA) is 59.4 Å². The second-order valence-corrected chi connectivity index (χ2v) is 4.74. The number of nitrogens with one attached hydrogen (secondary N) is 1. The number of urea groups is 1. The van der Waals surface area contributed by atoms with Crippen molar-refractivity contribution in [2.24, 2.45) is 5.92 Å². The van der Waals surface area contributed by atoms with Gasteiger partial charge in [0.1, 0.15) is 6.54 Å². The number of carbonyl (C=O) groups excluding carboxylic acids is 1. The van der Waals surface area contributed by atoms with E-state index in [1.165, 1.54) is 0 Å². The van der Waals surface area contributed by atoms with Crippen molar-refractivity contribution in [3.63, 3.8) is 0 Å². The van der Waals surface area contributed by atoms with Gasteiger partial charge in [0, 0.05) is 6.54 Å². The van der Waals surface area contributed by atoms with Gasteiger partial charge in [0.2, 0.25) is 0 Å². The highest BCUT2D eigenvalue weighted by Crippen LogP contribution is 2.23. The standard InChI is InChI=1S/C11H18N4O/c1-14-5-2-9(3-6-14)10-8-15(7-4-12)11(16)13-10/h9-10H,2-3,5-8H2,1H3,(H,13,16). The molecule has 2 aliphatic heterocycles. The molecule has 2 amide bonds. The van der Waals surface area contributed by atoms with Crippen molar-refractivity contribution in [1.29, 1.82) is 5.26 Å². The molecule has 0 aliphatic carbocycles. The molecule has 0 spiro atoms. The molecule has 2 saturated heterocycles. The normalized spacial score (nSPS) is 27.9. The molecule has 1 unspecified atom stereocenters. The Bertz CT molecular complexity index is 304. The van der Waals surface area contributed by atoms with Gasteiger partial charge in [0.05, 0.1) is 12.1 Å². The van der Waals surface area contributed by atoms with Crippen molar-refractivity contribution < 1.29 is 4.79 Å². The molecular formula is C11H18N4O. The van der Waals surface area contributed by atoms with Crippen LogP contribution in [0.1, 0.15) is 12.8 Å². The number of likely N-dealkylation sites (tertiary alicyclic amines) is 1. The van der Waals surface area contributed by atoms with Crippen LogP contribution in [0.5, 0.6) is 0 Å². The third-order valence-electron chi connectivity index (χ3n) is 3.61. The van der Waals surface area contributed by atoms with Crippen molar-refractivity contribution in [3.8, 4) is 6.07 Å². The Kier molecular flexibility index (Phi) is 3.30. The smallest absolute Gasteiger partial charge is 0.318 e. The Morgan fingerprint density at radius 3 is 2.81 bits per heavy atom. The van der Waals surface area contributed by atoms with Gasteiger partial charge in [-0.2, -0.15) is 5.26 Å². The molecule has 5 heteroatoms. The molecule has 16 heavy (non-hydrogen) atoms. The number of hydrogen-bond donors (Lipinski definition) is 1. The molecule has 0 saturated carbocycles. The summed E-state index contributed by atoms with van der Waals surface area (Å²) in [7, 11) is 2.13. The predicted octanol–water partition coefficient (Wildman–Crippen LogP) is 0.246. The molecule has 2 aliphatic rings. The van der Waals surface area contributed by atoms with Crippen LogP contribution in [0.2, 0.25) is 0 Å². The van der Waals surface area contributed by atoms with Crippen molar-refractivity contribution in [2.75, 3.05) is 33.2 Å². The fraction of sp³-hybridized carbons (Fsp3) is 0.818. The molecule has 0 radical (unpaired) electrons. The number of hydrogen-bond acceptors (Lipinski definition) is 3. The zero-order valence-electron chi connectivity index (χ0n) is 9.65. The maximum absolute atomic E-state index is 11.5. The maximum atomic E-state index is 11.5. The van der Waals surface area contributed by atoms with E-state index in [0.717, 1.165) is 25.9 Å². The Labute approximate surface area is 96.0 Å². The Morgan fingerprint density at radius 2 is 2.19 bits per heavy atom. The van der Waals surface area contributed by atoms with Crippen LogP contribution in [0.25, 0.3) is 0 Å². The summed E-state index contributed by atoms with van der Waals surface area (Å²) < 4.78 is 0. The first-order valence-electron chi connectivity index (χ1n) is 5.81. The summed E-state index contributed by atoms with van der Waals surface area (Å²) in [5, 5.41) is 11.6. The van der Waals surface area contributed by atoms with Crippen molar-refractivity contribution in [2.45, 2.75) is 18.9 Å². The quantitative estimate of drug-likeness (QED) is 0.681. The van der Waals surface area contributed by atoms with Crippen LogP contribution < -0.4 is 5.32 Å². The molecule has 0 aromatic rings. The Hall–Kier alpha value is -1.28. The van der Waals surface area contributed by atoms with E-state index in [4.69, 9.17) is 5.26 Å². The lowest BCUT2D eigenvalue weighted by molar-refractivity contribution is 0.192. The third-order valence-corrected chi connectivity index (χ3v) is 3.61. The van der Waals surface area contributed by atoms with Gasteiger partial charge in [-0.25, -0.2) is 4.79 Å². The largest absolute Gasteiger partial charge is 0.333 e. The molecule has 2 rings (SSSR count). The molecule has 1 atom stereocenters. The minimum atomic E-state index is -0.0783. The lowest BCUT2D eigenvalue weighted by atomic mass is 9.90. The fourth-order valence-electron chi connectivity index (χ4n) is 2.54. The highest BCUT2D eigenvalue weighted by Gasteiger charge is 2.34. The zero-order chi connectivity index (χ0) is 11.5. The average Bonchev–Trinajstić information content (AvgIpc) is 2.62. The van der Waals surface area contributed by atoms with Crippen molar-refractivity contribution in [1.82, 2.24) is 15.1 Å². The molecule has 88 valence electrons. The van der Waals surface area contributed by atoms with E-state index >= 15 is 0 Å². The minimum absolute atomic E-state index is 0.0783. The predicted molar refractivity (Wildman–Crippen MR) is 59.7 cm³/mol. The fourth-order valence-corrected chi connectivity index (χ4v) is 2.54. The van der Waals surface area contributed by atoms with E-state index in [0.29, 0.717) is 12.5 Å². The summed E-state index contributed by atoms with van der Waals surface area (Å²) in [5.41, 5.74) is 0. The second-order valence-electron chi connectivity index (χ2n) is 4.74. The van der Waals surface area contributed by atoms with Crippen LogP contribution in [0, 0.1) is 17.2 Å². The number of piperidine rings is 1. The van der Waals surface area contributed by atoms with Crippen molar-refractivity contribution >= 4 is 6.03 Å². The number of nitrogens with zero attached hydrogens (tertiary/aromatic N) is 3. The van der Waals surface area contributed by atoms with Gasteiger partial charge in [-0.15, -0.1) is 0 Å². The Balaban J connectivity index is 1.88. The van der Waals surface area contributed by atoms with E-state index in [-0.39, 0.29) is 18.6 Å². The first-order valence-corrected chi connectivity index (χ1v) is 5.81. The number of amides is 2. The SMILES string of the molecule is CN1CCC(C2CN(CC#N)C(=O)N2)CC1. The molecule has 0 aromatic heterocycles. The summed E-state index contributed by atoms with van der Waals surface area (Å²) in [5.74, 6) is 0.573. The van der Waals surface area contributed by atoms with E-state index < -0.39 is 0 Å². The van der Waals surface area contributed by atoms with E-state index in [1.807, 2.05) is 6.07 Å². The molecule has 0 bridgehead atoms. The molecular weight excluding hydrogens is 204 g/mol.